The van der Waals surface area contributed by atoms with Crippen molar-refractivity contribution < 1.29 is 0 Å². The monoisotopic (exact) mass is 245 g/mol. The van der Waals surface area contributed by atoms with Crippen molar-refractivity contribution in [1.82, 2.24) is 0 Å². The number of hydrogen-bond acceptors (Lipinski definition) is 1. The SMILES string of the molecule is NCC1(c2ccc3c(Cl)cccc3c2)CCC1. The van der Waals surface area contributed by atoms with Crippen molar-refractivity contribution in [2.75, 3.05) is 6.54 Å². The van der Waals surface area contributed by atoms with Gasteiger partial charge in [0.15, 0.2) is 0 Å². The second-order valence-corrected chi connectivity index (χ2v) is 5.42. The van der Waals surface area contributed by atoms with Crippen LogP contribution >= 0.6 is 11.6 Å². The second-order valence-electron chi connectivity index (χ2n) is 5.01. The van der Waals surface area contributed by atoms with Crippen molar-refractivity contribution in [3.05, 3.63) is 47.0 Å². The van der Waals surface area contributed by atoms with Gasteiger partial charge >= 0.3 is 0 Å². The second kappa shape index (κ2) is 4.01. The zero-order valence-electron chi connectivity index (χ0n) is 9.75. The van der Waals surface area contributed by atoms with Crippen molar-refractivity contribution in [3.63, 3.8) is 0 Å². The molecule has 1 fully saturated rings. The average molecular weight is 246 g/mol. The summed E-state index contributed by atoms with van der Waals surface area (Å²) in [6.45, 7) is 0.749. The molecule has 1 aliphatic carbocycles. The first-order chi connectivity index (χ1) is 8.25. The van der Waals surface area contributed by atoms with Gasteiger partial charge in [0, 0.05) is 22.4 Å². The smallest absolute Gasteiger partial charge is 0.0484 e. The molecule has 0 spiro atoms. The van der Waals surface area contributed by atoms with Crippen LogP contribution in [0.2, 0.25) is 5.02 Å². The van der Waals surface area contributed by atoms with Crippen LogP contribution in [0.1, 0.15) is 24.8 Å². The number of nitrogens with two attached hydrogens (primary N) is 1. The van der Waals surface area contributed by atoms with Crippen molar-refractivity contribution in [2.45, 2.75) is 24.7 Å². The van der Waals surface area contributed by atoms with Gasteiger partial charge < -0.3 is 5.73 Å². The van der Waals surface area contributed by atoms with E-state index in [9.17, 15) is 0 Å². The minimum absolute atomic E-state index is 0.233. The molecule has 0 saturated heterocycles. The molecule has 3 rings (SSSR count). The number of fused-ring (bicyclic) bond motifs is 1. The zero-order chi connectivity index (χ0) is 11.9. The third-order valence-electron chi connectivity index (χ3n) is 4.14. The Morgan fingerprint density at radius 3 is 2.65 bits per heavy atom. The molecule has 1 nitrogen and oxygen atoms in total. The van der Waals surface area contributed by atoms with E-state index >= 15 is 0 Å². The topological polar surface area (TPSA) is 26.0 Å². The summed E-state index contributed by atoms with van der Waals surface area (Å²) in [5.41, 5.74) is 7.56. The molecule has 2 aromatic rings. The molecule has 0 atom stereocenters. The lowest BCUT2D eigenvalue weighted by molar-refractivity contribution is 0.253. The highest BCUT2D eigenvalue weighted by atomic mass is 35.5. The molecular formula is C15H16ClN. The lowest BCUT2D eigenvalue weighted by Crippen LogP contribution is -2.41. The van der Waals surface area contributed by atoms with E-state index in [0.29, 0.717) is 0 Å². The van der Waals surface area contributed by atoms with Gasteiger partial charge in [-0.15, -0.1) is 0 Å². The molecule has 1 saturated carbocycles. The first kappa shape index (κ1) is 11.1. The fraction of sp³-hybridized carbons (Fsp3) is 0.333. The Morgan fingerprint density at radius 1 is 1.18 bits per heavy atom. The summed E-state index contributed by atoms with van der Waals surface area (Å²) < 4.78 is 0. The predicted octanol–water partition coefficient (Wildman–Crippen LogP) is 3.87. The van der Waals surface area contributed by atoms with Crippen LogP contribution in [-0.2, 0) is 5.41 Å². The van der Waals surface area contributed by atoms with Crippen LogP contribution in [0.25, 0.3) is 10.8 Å². The summed E-state index contributed by atoms with van der Waals surface area (Å²) in [7, 11) is 0. The maximum Gasteiger partial charge on any atom is 0.0484 e. The Bertz CT molecular complexity index is 552. The van der Waals surface area contributed by atoms with Gasteiger partial charge in [-0.3, -0.25) is 0 Å². The van der Waals surface area contributed by atoms with Crippen LogP contribution in [0.4, 0.5) is 0 Å². The molecule has 1 aliphatic rings. The molecule has 2 N–H and O–H groups in total. The van der Waals surface area contributed by atoms with Gasteiger partial charge in [-0.25, -0.2) is 0 Å². The minimum Gasteiger partial charge on any atom is -0.330 e. The highest BCUT2D eigenvalue weighted by molar-refractivity contribution is 6.35. The van der Waals surface area contributed by atoms with Gasteiger partial charge in [0.2, 0.25) is 0 Å². The third kappa shape index (κ3) is 1.65. The molecular weight excluding hydrogens is 230 g/mol. The molecule has 0 heterocycles. The molecule has 88 valence electrons. The van der Waals surface area contributed by atoms with Crippen LogP contribution in [0, 0.1) is 0 Å². The quantitative estimate of drug-likeness (QED) is 0.854. The standard InChI is InChI=1S/C15H16ClN/c16-14-4-1-3-11-9-12(5-6-13(11)14)15(10-17)7-2-8-15/h1,3-6,9H,2,7-8,10,17H2. The number of benzene rings is 2. The summed E-state index contributed by atoms with van der Waals surface area (Å²) in [5.74, 6) is 0. The van der Waals surface area contributed by atoms with Gasteiger partial charge in [-0.05, 0) is 29.9 Å². The van der Waals surface area contributed by atoms with Crippen LogP contribution in [0.15, 0.2) is 36.4 Å². The summed E-state index contributed by atoms with van der Waals surface area (Å²) in [6.07, 6.45) is 3.73. The van der Waals surface area contributed by atoms with Gasteiger partial charge in [0.25, 0.3) is 0 Å². The first-order valence-corrected chi connectivity index (χ1v) is 6.52. The van der Waals surface area contributed by atoms with Crippen LogP contribution < -0.4 is 5.73 Å². The summed E-state index contributed by atoms with van der Waals surface area (Å²) in [4.78, 5) is 0. The van der Waals surface area contributed by atoms with Crippen molar-refractivity contribution in [3.8, 4) is 0 Å². The Kier molecular flexibility index (Phi) is 2.61. The number of hydrogen-bond donors (Lipinski definition) is 1. The third-order valence-corrected chi connectivity index (χ3v) is 4.47. The largest absolute Gasteiger partial charge is 0.330 e. The van der Waals surface area contributed by atoms with E-state index in [0.717, 1.165) is 17.0 Å². The van der Waals surface area contributed by atoms with E-state index in [4.69, 9.17) is 17.3 Å². The number of rotatable bonds is 2. The Balaban J connectivity index is 2.14. The van der Waals surface area contributed by atoms with Crippen LogP contribution in [0.5, 0.6) is 0 Å². The van der Waals surface area contributed by atoms with Gasteiger partial charge in [-0.1, -0.05) is 48.4 Å². The highest BCUT2D eigenvalue weighted by Gasteiger charge is 2.37. The van der Waals surface area contributed by atoms with E-state index in [2.05, 4.69) is 24.3 Å². The normalized spacial score (nSPS) is 18.0. The van der Waals surface area contributed by atoms with E-state index in [1.54, 1.807) is 0 Å². The van der Waals surface area contributed by atoms with Gasteiger partial charge in [0.1, 0.15) is 0 Å². The average Bonchev–Trinajstić information content (AvgIpc) is 2.28. The summed E-state index contributed by atoms with van der Waals surface area (Å²) in [5, 5.41) is 3.17. The van der Waals surface area contributed by atoms with Crippen LogP contribution in [0.3, 0.4) is 0 Å². The van der Waals surface area contributed by atoms with E-state index in [1.165, 1.54) is 30.2 Å². The van der Waals surface area contributed by atoms with Crippen molar-refractivity contribution in [2.24, 2.45) is 5.73 Å². The van der Waals surface area contributed by atoms with E-state index in [1.807, 2.05) is 12.1 Å². The zero-order valence-corrected chi connectivity index (χ0v) is 10.5. The molecule has 0 unspecified atom stereocenters. The molecule has 0 bridgehead atoms. The fourth-order valence-electron chi connectivity index (χ4n) is 2.79. The maximum atomic E-state index is 6.18. The maximum absolute atomic E-state index is 6.18. The molecule has 2 heteroatoms. The van der Waals surface area contributed by atoms with E-state index < -0.39 is 0 Å². The van der Waals surface area contributed by atoms with Gasteiger partial charge in [-0.2, -0.15) is 0 Å². The van der Waals surface area contributed by atoms with E-state index in [-0.39, 0.29) is 5.41 Å². The molecule has 0 aromatic heterocycles. The molecule has 0 amide bonds. The highest BCUT2D eigenvalue weighted by Crippen LogP contribution is 2.43. The Morgan fingerprint density at radius 2 is 2.00 bits per heavy atom. The number of halogens is 1. The molecule has 2 aromatic carbocycles. The van der Waals surface area contributed by atoms with Crippen molar-refractivity contribution in [1.29, 1.82) is 0 Å². The minimum atomic E-state index is 0.233. The summed E-state index contributed by atoms with van der Waals surface area (Å²) >= 11 is 6.18. The lowest BCUT2D eigenvalue weighted by atomic mass is 9.64. The molecule has 17 heavy (non-hydrogen) atoms. The summed E-state index contributed by atoms with van der Waals surface area (Å²) in [6, 6.07) is 12.6. The molecule has 0 radical (unpaired) electrons. The Labute approximate surface area is 107 Å². The Hall–Kier alpha value is -1.05. The predicted molar refractivity (Wildman–Crippen MR) is 73.5 cm³/mol. The van der Waals surface area contributed by atoms with Gasteiger partial charge in [0.05, 0.1) is 0 Å². The van der Waals surface area contributed by atoms with Crippen molar-refractivity contribution >= 4 is 22.4 Å². The lowest BCUT2D eigenvalue weighted by Gasteiger charge is -2.41. The first-order valence-electron chi connectivity index (χ1n) is 6.14. The fourth-order valence-corrected chi connectivity index (χ4v) is 3.03. The molecule has 0 aliphatic heterocycles. The van der Waals surface area contributed by atoms with Crippen LogP contribution in [-0.4, -0.2) is 6.54 Å².